The van der Waals surface area contributed by atoms with Gasteiger partial charge in [0.2, 0.25) is 11.7 Å². The van der Waals surface area contributed by atoms with Gasteiger partial charge in [-0.2, -0.15) is 9.97 Å². The predicted molar refractivity (Wildman–Crippen MR) is 93.8 cm³/mol. The van der Waals surface area contributed by atoms with Gasteiger partial charge in [-0.25, -0.2) is 0 Å². The lowest BCUT2D eigenvalue weighted by Crippen LogP contribution is -2.39. The minimum Gasteiger partial charge on any atom is -0.481 e. The summed E-state index contributed by atoms with van der Waals surface area (Å²) in [6.45, 7) is 5.97. The second-order valence-electron chi connectivity index (χ2n) is 5.56. The predicted octanol–water partition coefficient (Wildman–Crippen LogP) is 1.28. The second kappa shape index (κ2) is 7.39. The van der Waals surface area contributed by atoms with E-state index in [1.807, 2.05) is 14.0 Å². The van der Waals surface area contributed by atoms with E-state index in [0.29, 0.717) is 11.9 Å². The maximum absolute atomic E-state index is 6.01. The Morgan fingerprint density at radius 1 is 1.32 bits per heavy atom. The lowest BCUT2D eigenvalue weighted by Gasteiger charge is -2.32. The third-order valence-electron chi connectivity index (χ3n) is 4.13. The monoisotopic (exact) mass is 350 g/mol. The molecule has 1 fully saturated rings. The Morgan fingerprint density at radius 2 is 2.05 bits per heavy atom. The number of likely N-dealkylation sites (N-methyl/N-ethyl adjacent to an activating group) is 1. The van der Waals surface area contributed by atoms with E-state index < -0.39 is 0 Å². The summed E-state index contributed by atoms with van der Waals surface area (Å²) in [6.07, 6.45) is 1.17. The zero-order valence-corrected chi connectivity index (χ0v) is 14.6. The lowest BCUT2D eigenvalue weighted by molar-refractivity contribution is 0.192. The van der Waals surface area contributed by atoms with Crippen molar-refractivity contribution in [3.8, 4) is 5.75 Å². The van der Waals surface area contributed by atoms with Crippen LogP contribution in [0, 0.1) is 0 Å². The van der Waals surface area contributed by atoms with Crippen LogP contribution in [0.15, 0.2) is 0 Å². The molecule has 1 aromatic heterocycles. The van der Waals surface area contributed by atoms with Gasteiger partial charge in [-0.15, -0.1) is 24.8 Å². The Labute approximate surface area is 143 Å². The van der Waals surface area contributed by atoms with E-state index >= 15 is 0 Å². The standard InChI is InChI=1S/C13H22N6O.2ClH/c1-7-8(2)20-10-11(16-7)17-13(14)18-12(10)19-5-4-9(6-19)15-3;;/h7-9,15H,4-6H2,1-3H3,(H3,14,16,17,18);2*1H/t7-,8-,9+;;/m0../s1. The number of hydrogen-bond acceptors (Lipinski definition) is 7. The highest BCUT2D eigenvalue weighted by atomic mass is 35.5. The molecule has 1 saturated heterocycles. The fourth-order valence-corrected chi connectivity index (χ4v) is 2.69. The first-order valence-electron chi connectivity index (χ1n) is 7.11. The number of hydrogen-bond donors (Lipinski definition) is 3. The van der Waals surface area contributed by atoms with E-state index in [2.05, 4.69) is 32.4 Å². The number of nitrogens with zero attached hydrogens (tertiary/aromatic N) is 3. The van der Waals surface area contributed by atoms with Gasteiger partial charge in [-0.1, -0.05) is 0 Å². The molecule has 2 aliphatic heterocycles. The van der Waals surface area contributed by atoms with Gasteiger partial charge < -0.3 is 26.0 Å². The van der Waals surface area contributed by atoms with Crippen LogP contribution < -0.4 is 26.0 Å². The number of ether oxygens (including phenoxy) is 1. The van der Waals surface area contributed by atoms with E-state index in [9.17, 15) is 0 Å². The number of rotatable bonds is 2. The highest BCUT2D eigenvalue weighted by molar-refractivity contribution is 5.85. The van der Waals surface area contributed by atoms with Gasteiger partial charge in [0, 0.05) is 19.1 Å². The Kier molecular flexibility index (Phi) is 6.34. The molecule has 4 N–H and O–H groups in total. The van der Waals surface area contributed by atoms with Crippen molar-refractivity contribution in [1.82, 2.24) is 15.3 Å². The molecular formula is C13H24Cl2N6O. The molecular weight excluding hydrogens is 327 g/mol. The van der Waals surface area contributed by atoms with Gasteiger partial charge >= 0.3 is 0 Å². The van der Waals surface area contributed by atoms with Crippen LogP contribution in [-0.4, -0.2) is 48.3 Å². The molecule has 0 aliphatic carbocycles. The minimum atomic E-state index is 0. The van der Waals surface area contributed by atoms with Crippen LogP contribution >= 0.6 is 24.8 Å². The summed E-state index contributed by atoms with van der Waals surface area (Å²) >= 11 is 0. The number of anilines is 3. The first kappa shape index (κ1) is 18.9. The van der Waals surface area contributed by atoms with Crippen molar-refractivity contribution >= 4 is 42.4 Å². The van der Waals surface area contributed by atoms with Crippen LogP contribution in [-0.2, 0) is 0 Å². The third-order valence-corrected chi connectivity index (χ3v) is 4.13. The Bertz CT molecular complexity index is 518. The summed E-state index contributed by atoms with van der Waals surface area (Å²) in [5.74, 6) is 2.51. The maximum atomic E-state index is 6.01. The molecule has 1 aromatic rings. The van der Waals surface area contributed by atoms with Crippen LogP contribution in [0.4, 0.5) is 17.6 Å². The molecule has 3 rings (SSSR count). The van der Waals surface area contributed by atoms with Crippen LogP contribution in [0.5, 0.6) is 5.75 Å². The molecule has 3 heterocycles. The smallest absolute Gasteiger partial charge is 0.224 e. The van der Waals surface area contributed by atoms with Gasteiger partial charge in [0.25, 0.3) is 0 Å². The summed E-state index contributed by atoms with van der Waals surface area (Å²) in [4.78, 5) is 10.9. The molecule has 0 radical (unpaired) electrons. The molecule has 0 amide bonds. The molecule has 0 aromatic carbocycles. The van der Waals surface area contributed by atoms with E-state index in [-0.39, 0.29) is 42.9 Å². The first-order valence-corrected chi connectivity index (χ1v) is 7.11. The van der Waals surface area contributed by atoms with E-state index in [1.165, 1.54) is 0 Å². The molecule has 22 heavy (non-hydrogen) atoms. The molecule has 9 heteroatoms. The van der Waals surface area contributed by atoms with E-state index in [0.717, 1.165) is 31.1 Å². The van der Waals surface area contributed by atoms with Crippen molar-refractivity contribution in [3.63, 3.8) is 0 Å². The van der Waals surface area contributed by atoms with Crippen molar-refractivity contribution in [2.24, 2.45) is 0 Å². The topological polar surface area (TPSA) is 88.3 Å². The van der Waals surface area contributed by atoms with Crippen LogP contribution in [0.25, 0.3) is 0 Å². The van der Waals surface area contributed by atoms with Crippen molar-refractivity contribution in [1.29, 1.82) is 0 Å². The minimum absolute atomic E-state index is 0. The van der Waals surface area contributed by atoms with E-state index in [4.69, 9.17) is 10.5 Å². The normalized spacial score (nSPS) is 26.1. The quantitative estimate of drug-likeness (QED) is 0.740. The van der Waals surface area contributed by atoms with Gasteiger partial charge in [-0.05, 0) is 27.3 Å². The number of nitrogens with one attached hydrogen (secondary N) is 2. The molecule has 0 unspecified atom stereocenters. The van der Waals surface area contributed by atoms with Crippen molar-refractivity contribution in [2.45, 2.75) is 38.5 Å². The highest BCUT2D eigenvalue weighted by Crippen LogP contribution is 2.39. The Balaban J connectivity index is 0.00000121. The number of nitrogen functional groups attached to an aromatic ring is 1. The molecule has 126 valence electrons. The molecule has 7 nitrogen and oxygen atoms in total. The van der Waals surface area contributed by atoms with Gasteiger partial charge in [0.15, 0.2) is 11.6 Å². The molecule has 2 aliphatic rings. The molecule has 0 spiro atoms. The van der Waals surface area contributed by atoms with Crippen LogP contribution in [0.3, 0.4) is 0 Å². The average molecular weight is 351 g/mol. The highest BCUT2D eigenvalue weighted by Gasteiger charge is 2.32. The molecule has 3 atom stereocenters. The summed E-state index contributed by atoms with van der Waals surface area (Å²) in [5, 5.41) is 6.64. The van der Waals surface area contributed by atoms with E-state index in [1.54, 1.807) is 0 Å². The number of aromatic nitrogens is 2. The summed E-state index contributed by atoms with van der Waals surface area (Å²) in [7, 11) is 1.99. The second-order valence-corrected chi connectivity index (χ2v) is 5.56. The van der Waals surface area contributed by atoms with Gasteiger partial charge in [-0.3, -0.25) is 0 Å². The van der Waals surface area contributed by atoms with Crippen LogP contribution in [0.1, 0.15) is 20.3 Å². The summed E-state index contributed by atoms with van der Waals surface area (Å²) in [5.41, 5.74) is 5.84. The van der Waals surface area contributed by atoms with Crippen molar-refractivity contribution in [2.75, 3.05) is 36.1 Å². The fraction of sp³-hybridized carbons (Fsp3) is 0.692. The third kappa shape index (κ3) is 3.42. The Hall–Kier alpha value is -1.18. The number of fused-ring (bicyclic) bond motifs is 1. The van der Waals surface area contributed by atoms with Gasteiger partial charge in [0.1, 0.15) is 6.10 Å². The first-order chi connectivity index (χ1) is 9.58. The largest absolute Gasteiger partial charge is 0.481 e. The van der Waals surface area contributed by atoms with Crippen molar-refractivity contribution in [3.05, 3.63) is 0 Å². The molecule has 0 saturated carbocycles. The lowest BCUT2D eigenvalue weighted by atomic mass is 10.2. The number of halogens is 2. The fourth-order valence-electron chi connectivity index (χ4n) is 2.69. The van der Waals surface area contributed by atoms with Crippen LogP contribution in [0.2, 0.25) is 0 Å². The van der Waals surface area contributed by atoms with Gasteiger partial charge in [0.05, 0.1) is 6.04 Å². The number of nitrogens with two attached hydrogens (primary N) is 1. The maximum Gasteiger partial charge on any atom is 0.224 e. The summed E-state index contributed by atoms with van der Waals surface area (Å²) in [6, 6.07) is 0.683. The molecule has 0 bridgehead atoms. The van der Waals surface area contributed by atoms with Crippen molar-refractivity contribution < 1.29 is 4.74 Å². The SMILES string of the molecule is CN[C@@H]1CCN(c2nc(N)nc3c2O[C@@H](C)[C@H](C)N3)C1.Cl.Cl. The summed E-state index contributed by atoms with van der Waals surface area (Å²) < 4.78 is 6.01. The zero-order valence-electron chi connectivity index (χ0n) is 13.0. The average Bonchev–Trinajstić information content (AvgIpc) is 2.88. The Morgan fingerprint density at radius 3 is 2.68 bits per heavy atom. The zero-order chi connectivity index (χ0) is 14.3.